The minimum atomic E-state index is 0.890. The van der Waals surface area contributed by atoms with Gasteiger partial charge in [0.25, 0.3) is 0 Å². The fourth-order valence-corrected chi connectivity index (χ4v) is 2.71. The highest BCUT2D eigenvalue weighted by atomic mass is 15.2. The molecule has 0 aliphatic carbocycles. The van der Waals surface area contributed by atoms with E-state index in [-0.39, 0.29) is 0 Å². The van der Waals surface area contributed by atoms with Crippen LogP contribution >= 0.6 is 0 Å². The van der Waals surface area contributed by atoms with Crippen LogP contribution in [0.2, 0.25) is 0 Å². The molecule has 5 heteroatoms. The first-order valence-corrected chi connectivity index (χ1v) is 7.89. The first-order valence-electron chi connectivity index (χ1n) is 7.89. The molecule has 1 aliphatic rings. The lowest BCUT2D eigenvalue weighted by atomic mass is 10.1. The molecule has 2 heterocycles. The molecule has 1 aromatic rings. The van der Waals surface area contributed by atoms with Gasteiger partial charge in [0.1, 0.15) is 18.0 Å². The van der Waals surface area contributed by atoms with E-state index in [1.165, 1.54) is 31.5 Å². The van der Waals surface area contributed by atoms with Crippen molar-refractivity contribution in [2.24, 2.45) is 0 Å². The van der Waals surface area contributed by atoms with Gasteiger partial charge in [-0.2, -0.15) is 0 Å². The lowest BCUT2D eigenvalue weighted by Crippen LogP contribution is -2.26. The van der Waals surface area contributed by atoms with Crippen molar-refractivity contribution in [2.45, 2.75) is 39.5 Å². The molecule has 0 saturated carbocycles. The highest BCUT2D eigenvalue weighted by Gasteiger charge is 2.12. The number of rotatable bonds is 8. The normalized spacial score (nSPS) is 15.5. The van der Waals surface area contributed by atoms with Crippen molar-refractivity contribution in [2.75, 3.05) is 43.4 Å². The summed E-state index contributed by atoms with van der Waals surface area (Å²) >= 11 is 0. The standard InChI is InChI=1S/C15H27N5/c1-3-7-13-14(16-4-2)18-12-19-15(13)17-8-11-20-9-5-6-10-20/h12H,3-11H2,1-2H3,(H2,16,17,18,19). The van der Waals surface area contributed by atoms with E-state index in [1.807, 2.05) is 0 Å². The summed E-state index contributed by atoms with van der Waals surface area (Å²) in [5, 5.41) is 6.82. The molecule has 1 saturated heterocycles. The quantitative estimate of drug-likeness (QED) is 0.764. The van der Waals surface area contributed by atoms with Gasteiger partial charge < -0.3 is 15.5 Å². The van der Waals surface area contributed by atoms with E-state index >= 15 is 0 Å². The second-order valence-corrected chi connectivity index (χ2v) is 5.31. The Morgan fingerprint density at radius 2 is 1.80 bits per heavy atom. The lowest BCUT2D eigenvalue weighted by Gasteiger charge is -2.17. The van der Waals surface area contributed by atoms with E-state index in [2.05, 4.69) is 39.3 Å². The molecule has 0 radical (unpaired) electrons. The minimum Gasteiger partial charge on any atom is -0.370 e. The summed E-state index contributed by atoms with van der Waals surface area (Å²) in [5.41, 5.74) is 1.22. The van der Waals surface area contributed by atoms with Crippen LogP contribution in [0.4, 0.5) is 11.6 Å². The van der Waals surface area contributed by atoms with Crippen molar-refractivity contribution in [3.63, 3.8) is 0 Å². The van der Waals surface area contributed by atoms with Crippen molar-refractivity contribution in [3.05, 3.63) is 11.9 Å². The molecule has 1 aliphatic heterocycles. The van der Waals surface area contributed by atoms with Gasteiger partial charge in [-0.25, -0.2) is 9.97 Å². The number of likely N-dealkylation sites (tertiary alicyclic amines) is 1. The van der Waals surface area contributed by atoms with Gasteiger partial charge in [-0.15, -0.1) is 0 Å². The van der Waals surface area contributed by atoms with Crippen LogP contribution in [0.1, 0.15) is 38.7 Å². The van der Waals surface area contributed by atoms with E-state index in [4.69, 9.17) is 0 Å². The summed E-state index contributed by atoms with van der Waals surface area (Å²) in [6.45, 7) is 9.73. The van der Waals surface area contributed by atoms with Gasteiger partial charge in [0, 0.05) is 25.2 Å². The highest BCUT2D eigenvalue weighted by molar-refractivity contribution is 5.57. The van der Waals surface area contributed by atoms with Gasteiger partial charge in [0.05, 0.1) is 0 Å². The lowest BCUT2D eigenvalue weighted by molar-refractivity contribution is 0.352. The van der Waals surface area contributed by atoms with Gasteiger partial charge in [-0.3, -0.25) is 0 Å². The smallest absolute Gasteiger partial charge is 0.134 e. The number of nitrogens with zero attached hydrogens (tertiary/aromatic N) is 3. The molecule has 0 bridgehead atoms. The Balaban J connectivity index is 1.95. The second-order valence-electron chi connectivity index (χ2n) is 5.31. The van der Waals surface area contributed by atoms with Gasteiger partial charge in [0.2, 0.25) is 0 Å². The topological polar surface area (TPSA) is 53.1 Å². The summed E-state index contributed by atoms with van der Waals surface area (Å²) in [6.07, 6.45) is 6.45. The van der Waals surface area contributed by atoms with Crippen molar-refractivity contribution in [1.82, 2.24) is 14.9 Å². The molecule has 0 amide bonds. The Hall–Kier alpha value is -1.36. The Labute approximate surface area is 122 Å². The first kappa shape index (κ1) is 15.0. The number of hydrogen-bond donors (Lipinski definition) is 2. The molecule has 1 fully saturated rings. The Bertz CT molecular complexity index is 401. The number of anilines is 2. The summed E-state index contributed by atoms with van der Waals surface area (Å²) in [6, 6.07) is 0. The molecule has 5 nitrogen and oxygen atoms in total. The fourth-order valence-electron chi connectivity index (χ4n) is 2.71. The Morgan fingerprint density at radius 3 is 2.45 bits per heavy atom. The largest absolute Gasteiger partial charge is 0.370 e. The zero-order valence-corrected chi connectivity index (χ0v) is 12.8. The van der Waals surface area contributed by atoms with Crippen LogP contribution in [0.15, 0.2) is 6.33 Å². The molecule has 2 rings (SSSR count). The SMILES string of the molecule is CCCc1c(NCC)ncnc1NCCN1CCCC1. The van der Waals surface area contributed by atoms with Crippen LogP contribution in [0.5, 0.6) is 0 Å². The number of aromatic nitrogens is 2. The average Bonchev–Trinajstić information content (AvgIpc) is 2.96. The van der Waals surface area contributed by atoms with E-state index in [1.54, 1.807) is 6.33 Å². The third-order valence-electron chi connectivity index (χ3n) is 3.71. The van der Waals surface area contributed by atoms with Crippen LogP contribution in [0, 0.1) is 0 Å². The van der Waals surface area contributed by atoms with E-state index in [0.29, 0.717) is 0 Å². The monoisotopic (exact) mass is 277 g/mol. The molecule has 2 N–H and O–H groups in total. The second kappa shape index (κ2) is 8.04. The summed E-state index contributed by atoms with van der Waals surface area (Å²) in [4.78, 5) is 11.3. The van der Waals surface area contributed by atoms with Crippen molar-refractivity contribution >= 4 is 11.6 Å². The molecule has 20 heavy (non-hydrogen) atoms. The number of hydrogen-bond acceptors (Lipinski definition) is 5. The Kier molecular flexibility index (Phi) is 6.05. The highest BCUT2D eigenvalue weighted by Crippen LogP contribution is 2.21. The van der Waals surface area contributed by atoms with Gasteiger partial charge >= 0.3 is 0 Å². The van der Waals surface area contributed by atoms with E-state index in [0.717, 1.165) is 44.1 Å². The summed E-state index contributed by atoms with van der Waals surface area (Å²) in [5.74, 6) is 1.98. The third kappa shape index (κ3) is 4.07. The summed E-state index contributed by atoms with van der Waals surface area (Å²) < 4.78 is 0. The predicted octanol–water partition coefficient (Wildman–Crippen LogP) is 2.37. The van der Waals surface area contributed by atoms with Crippen LogP contribution in [-0.4, -0.2) is 47.6 Å². The van der Waals surface area contributed by atoms with Crippen molar-refractivity contribution in [1.29, 1.82) is 0 Å². The van der Waals surface area contributed by atoms with Crippen LogP contribution in [0.3, 0.4) is 0 Å². The van der Waals surface area contributed by atoms with Gasteiger partial charge in [0.15, 0.2) is 0 Å². The third-order valence-corrected chi connectivity index (χ3v) is 3.71. The van der Waals surface area contributed by atoms with E-state index in [9.17, 15) is 0 Å². The van der Waals surface area contributed by atoms with Crippen LogP contribution in [-0.2, 0) is 6.42 Å². The molecular formula is C15H27N5. The average molecular weight is 277 g/mol. The molecular weight excluding hydrogens is 250 g/mol. The molecule has 0 atom stereocenters. The van der Waals surface area contributed by atoms with Crippen LogP contribution in [0.25, 0.3) is 0 Å². The summed E-state index contributed by atoms with van der Waals surface area (Å²) in [7, 11) is 0. The fraction of sp³-hybridized carbons (Fsp3) is 0.733. The Morgan fingerprint density at radius 1 is 1.10 bits per heavy atom. The predicted molar refractivity (Wildman–Crippen MR) is 84.4 cm³/mol. The van der Waals surface area contributed by atoms with Crippen molar-refractivity contribution in [3.8, 4) is 0 Å². The van der Waals surface area contributed by atoms with Crippen molar-refractivity contribution < 1.29 is 0 Å². The minimum absolute atomic E-state index is 0.890. The van der Waals surface area contributed by atoms with E-state index < -0.39 is 0 Å². The molecule has 0 aromatic carbocycles. The zero-order chi connectivity index (χ0) is 14.2. The number of nitrogens with one attached hydrogen (secondary N) is 2. The maximum atomic E-state index is 4.42. The van der Waals surface area contributed by atoms with Crippen LogP contribution < -0.4 is 10.6 Å². The zero-order valence-electron chi connectivity index (χ0n) is 12.8. The van der Waals surface area contributed by atoms with Gasteiger partial charge in [-0.1, -0.05) is 13.3 Å². The molecule has 0 spiro atoms. The maximum Gasteiger partial charge on any atom is 0.134 e. The van der Waals surface area contributed by atoms with Gasteiger partial charge in [-0.05, 0) is 39.3 Å². The molecule has 112 valence electrons. The first-order chi connectivity index (χ1) is 9.85. The molecule has 1 aromatic heterocycles. The maximum absolute atomic E-state index is 4.42. The molecule has 0 unspecified atom stereocenters.